The Hall–Kier alpha value is -1.23. The van der Waals surface area contributed by atoms with E-state index in [1.165, 1.54) is 0 Å². The molecule has 0 saturated heterocycles. The highest BCUT2D eigenvalue weighted by atomic mass is 35.5. The summed E-state index contributed by atoms with van der Waals surface area (Å²) in [5, 5.41) is 9.58. The van der Waals surface area contributed by atoms with Crippen LogP contribution in [0.3, 0.4) is 0 Å². The molecule has 5 nitrogen and oxygen atoms in total. The molecular formula is C4H2ClNO4. The maximum Gasteiger partial charge on any atom is 0.376 e. The summed E-state index contributed by atoms with van der Waals surface area (Å²) in [6.07, 6.45) is 0. The molecule has 0 radical (unpaired) electrons. The van der Waals surface area contributed by atoms with Crippen LogP contribution in [0.15, 0.2) is 9.32 Å². The first-order valence-electron chi connectivity index (χ1n) is 2.23. The van der Waals surface area contributed by atoms with Crippen molar-refractivity contribution in [3.63, 3.8) is 0 Å². The molecule has 1 aromatic heterocycles. The number of aromatic nitrogens is 1. The minimum Gasteiger partial charge on any atom is -0.475 e. The molecule has 1 aromatic rings. The van der Waals surface area contributed by atoms with E-state index in [1.807, 2.05) is 0 Å². The minimum absolute atomic E-state index is 0.437. The Morgan fingerprint density at radius 3 is 2.50 bits per heavy atom. The number of aromatic carboxylic acids is 1. The van der Waals surface area contributed by atoms with Crippen molar-refractivity contribution in [1.29, 1.82) is 0 Å². The summed E-state index contributed by atoms with van der Waals surface area (Å²) in [5.41, 5.74) is -0.737. The quantitative estimate of drug-likeness (QED) is 0.625. The van der Waals surface area contributed by atoms with Crippen LogP contribution in [0.4, 0.5) is 0 Å². The van der Waals surface area contributed by atoms with E-state index in [2.05, 4.69) is 4.52 Å². The topological polar surface area (TPSA) is 83.3 Å². The van der Waals surface area contributed by atoms with Crippen LogP contribution < -0.4 is 5.56 Å². The van der Waals surface area contributed by atoms with E-state index in [0.29, 0.717) is 0 Å². The third-order valence-corrected chi connectivity index (χ3v) is 1.18. The first-order chi connectivity index (χ1) is 4.63. The molecule has 1 rings (SSSR count). The maximum absolute atomic E-state index is 10.4. The molecule has 0 saturated carbocycles. The number of hydrogen-bond acceptors (Lipinski definition) is 3. The molecule has 0 spiro atoms. The van der Waals surface area contributed by atoms with Gasteiger partial charge < -0.3 is 9.63 Å². The van der Waals surface area contributed by atoms with Gasteiger partial charge in [0.05, 0.1) is 0 Å². The van der Waals surface area contributed by atoms with Crippen LogP contribution in [0.5, 0.6) is 0 Å². The zero-order chi connectivity index (χ0) is 7.72. The Kier molecular flexibility index (Phi) is 1.50. The van der Waals surface area contributed by atoms with E-state index in [9.17, 15) is 9.59 Å². The Bertz CT molecular complexity index is 311. The average molecular weight is 164 g/mol. The van der Waals surface area contributed by atoms with Crippen molar-refractivity contribution >= 4 is 17.6 Å². The first-order valence-corrected chi connectivity index (χ1v) is 2.61. The lowest BCUT2D eigenvalue weighted by molar-refractivity contribution is 0.0652. The minimum atomic E-state index is -1.37. The Balaban J connectivity index is 3.31. The molecule has 0 atom stereocenters. The SMILES string of the molecule is O=C(O)c1o[nH]c(=O)c1Cl. The molecule has 0 aliphatic heterocycles. The highest BCUT2D eigenvalue weighted by Gasteiger charge is 2.16. The second kappa shape index (κ2) is 2.18. The van der Waals surface area contributed by atoms with Gasteiger partial charge in [0.25, 0.3) is 11.3 Å². The molecule has 0 unspecified atom stereocenters. The average Bonchev–Trinajstić information content (AvgIpc) is 2.14. The Labute approximate surface area is 59.2 Å². The fourth-order valence-corrected chi connectivity index (χ4v) is 0.586. The number of carbonyl (C=O) groups is 1. The van der Waals surface area contributed by atoms with Gasteiger partial charge in [-0.25, -0.2) is 4.79 Å². The molecule has 0 aliphatic carbocycles. The largest absolute Gasteiger partial charge is 0.475 e. The highest BCUT2D eigenvalue weighted by molar-refractivity contribution is 6.32. The second-order valence-corrected chi connectivity index (χ2v) is 1.86. The van der Waals surface area contributed by atoms with Crippen LogP contribution in [-0.2, 0) is 0 Å². The van der Waals surface area contributed by atoms with E-state index < -0.39 is 22.3 Å². The summed E-state index contributed by atoms with van der Waals surface area (Å²) in [6, 6.07) is 0. The standard InChI is InChI=1S/C4H2ClNO4/c5-1-2(4(8)9)10-6-3(1)7/h(H,6,7)(H,8,9). The summed E-state index contributed by atoms with van der Waals surface area (Å²) in [7, 11) is 0. The predicted octanol–water partition coefficient (Wildman–Crippen LogP) is 0.320. The number of carboxylic acid groups (broad SMARTS) is 1. The fourth-order valence-electron chi connectivity index (χ4n) is 0.428. The van der Waals surface area contributed by atoms with E-state index in [0.717, 1.165) is 0 Å². The molecule has 2 N–H and O–H groups in total. The summed E-state index contributed by atoms with van der Waals surface area (Å²) in [5.74, 6) is -1.94. The molecule has 0 fully saturated rings. The normalized spacial score (nSPS) is 9.70. The third kappa shape index (κ3) is 0.906. The lowest BCUT2D eigenvalue weighted by Crippen LogP contribution is -2.00. The lowest BCUT2D eigenvalue weighted by Gasteiger charge is -1.80. The van der Waals surface area contributed by atoms with Crippen molar-refractivity contribution in [3.8, 4) is 0 Å². The number of nitrogens with one attached hydrogen (secondary N) is 1. The van der Waals surface area contributed by atoms with Crippen LogP contribution in [-0.4, -0.2) is 16.2 Å². The summed E-state index contributed by atoms with van der Waals surface area (Å²) < 4.78 is 4.19. The molecule has 54 valence electrons. The van der Waals surface area contributed by atoms with Crippen molar-refractivity contribution in [1.82, 2.24) is 5.16 Å². The van der Waals surface area contributed by atoms with Gasteiger partial charge in [-0.05, 0) is 0 Å². The molecule has 0 aliphatic rings. The fraction of sp³-hybridized carbons (Fsp3) is 0. The molecule has 6 heteroatoms. The molecule has 1 heterocycles. The van der Waals surface area contributed by atoms with Gasteiger partial charge in [0.15, 0.2) is 5.02 Å². The van der Waals surface area contributed by atoms with Gasteiger partial charge >= 0.3 is 5.97 Å². The second-order valence-electron chi connectivity index (χ2n) is 1.48. The maximum atomic E-state index is 10.4. The van der Waals surface area contributed by atoms with E-state index >= 15 is 0 Å². The molecular weight excluding hydrogens is 162 g/mol. The monoisotopic (exact) mass is 163 g/mol. The van der Waals surface area contributed by atoms with Crippen LogP contribution in [0.2, 0.25) is 5.02 Å². The Morgan fingerprint density at radius 2 is 2.30 bits per heavy atom. The number of rotatable bonds is 1. The van der Waals surface area contributed by atoms with Gasteiger partial charge in [0.2, 0.25) is 0 Å². The van der Waals surface area contributed by atoms with Gasteiger partial charge in [0.1, 0.15) is 0 Å². The van der Waals surface area contributed by atoms with Gasteiger partial charge in [-0.2, -0.15) is 5.16 Å². The summed E-state index contributed by atoms with van der Waals surface area (Å²) in [6.45, 7) is 0. The van der Waals surface area contributed by atoms with E-state index in [1.54, 1.807) is 5.16 Å². The number of hydrogen-bond donors (Lipinski definition) is 2. The van der Waals surface area contributed by atoms with Gasteiger partial charge in [-0.1, -0.05) is 11.6 Å². The highest BCUT2D eigenvalue weighted by Crippen LogP contribution is 2.08. The summed E-state index contributed by atoms with van der Waals surface area (Å²) >= 11 is 5.19. The first kappa shape index (κ1) is 6.88. The number of H-pyrrole nitrogens is 1. The van der Waals surface area contributed by atoms with E-state index in [-0.39, 0.29) is 0 Å². The number of carboxylic acids is 1. The van der Waals surface area contributed by atoms with Crippen molar-refractivity contribution in [3.05, 3.63) is 21.1 Å². The van der Waals surface area contributed by atoms with Crippen molar-refractivity contribution in [2.45, 2.75) is 0 Å². The lowest BCUT2D eigenvalue weighted by atomic mass is 10.5. The summed E-state index contributed by atoms with van der Waals surface area (Å²) in [4.78, 5) is 20.5. The third-order valence-electron chi connectivity index (χ3n) is 0.839. The number of halogens is 1. The molecule has 0 bridgehead atoms. The molecule has 10 heavy (non-hydrogen) atoms. The zero-order valence-electron chi connectivity index (χ0n) is 4.55. The van der Waals surface area contributed by atoms with Crippen molar-refractivity contribution in [2.75, 3.05) is 0 Å². The van der Waals surface area contributed by atoms with Gasteiger partial charge in [-0.3, -0.25) is 4.79 Å². The van der Waals surface area contributed by atoms with E-state index in [4.69, 9.17) is 16.7 Å². The van der Waals surface area contributed by atoms with Gasteiger partial charge in [0, 0.05) is 0 Å². The smallest absolute Gasteiger partial charge is 0.376 e. The number of aromatic amines is 1. The zero-order valence-corrected chi connectivity index (χ0v) is 5.31. The van der Waals surface area contributed by atoms with Crippen LogP contribution in [0, 0.1) is 0 Å². The van der Waals surface area contributed by atoms with Crippen molar-refractivity contribution in [2.24, 2.45) is 0 Å². The van der Waals surface area contributed by atoms with Crippen molar-refractivity contribution < 1.29 is 14.4 Å². The predicted molar refractivity (Wildman–Crippen MR) is 31.3 cm³/mol. The van der Waals surface area contributed by atoms with Crippen LogP contribution in [0.25, 0.3) is 0 Å². The molecule has 0 amide bonds. The van der Waals surface area contributed by atoms with Crippen LogP contribution >= 0.6 is 11.6 Å². The van der Waals surface area contributed by atoms with Gasteiger partial charge in [-0.15, -0.1) is 0 Å². The molecule has 0 aromatic carbocycles. The Morgan fingerprint density at radius 1 is 1.70 bits per heavy atom. The van der Waals surface area contributed by atoms with Crippen LogP contribution in [0.1, 0.15) is 10.6 Å².